The molecule has 0 bridgehead atoms. The van der Waals surface area contributed by atoms with E-state index in [1.54, 1.807) is 0 Å². The summed E-state index contributed by atoms with van der Waals surface area (Å²) < 4.78 is 22.6. The molecular weight excluding hydrogens is 140 g/mol. The third-order valence-electron chi connectivity index (χ3n) is 0.916. The summed E-state index contributed by atoms with van der Waals surface area (Å²) in [5.41, 5.74) is 6.65. The molecule has 0 spiro atoms. The van der Waals surface area contributed by atoms with E-state index in [-0.39, 0.29) is 12.3 Å². The molecule has 0 amide bonds. The Balaban J connectivity index is 4.05. The molecule has 0 rings (SSSR count). The summed E-state index contributed by atoms with van der Waals surface area (Å²) in [6.45, 7) is -0.0689. The molecule has 0 aliphatic heterocycles. The van der Waals surface area contributed by atoms with Gasteiger partial charge in [-0.1, -0.05) is 0 Å². The van der Waals surface area contributed by atoms with Crippen molar-refractivity contribution in [3.8, 4) is 0 Å². The predicted octanol–water partition coefficient (Wildman–Crippen LogP) is -0.839. The standard InChI is InChI=1S/C4H11N2O2S/c1-6(2)9(7,8)4-3-5/h5H,3-4H2,1-2H3. The van der Waals surface area contributed by atoms with E-state index >= 15 is 0 Å². The fourth-order valence-electron chi connectivity index (χ4n) is 0.312. The highest BCUT2D eigenvalue weighted by molar-refractivity contribution is 7.89. The van der Waals surface area contributed by atoms with Crippen molar-refractivity contribution in [2.75, 3.05) is 26.4 Å². The van der Waals surface area contributed by atoms with E-state index in [4.69, 9.17) is 5.73 Å². The molecule has 0 aliphatic carbocycles. The Kier molecular flexibility index (Phi) is 3.10. The maximum Gasteiger partial charge on any atom is 0.214 e. The minimum absolute atomic E-state index is 0.0689. The molecule has 4 nitrogen and oxygen atoms in total. The first-order valence-electron chi connectivity index (χ1n) is 2.55. The highest BCUT2D eigenvalue weighted by atomic mass is 32.2. The number of hydrogen-bond donors (Lipinski definition) is 0. The Morgan fingerprint density at radius 3 is 2.00 bits per heavy atom. The first kappa shape index (κ1) is 8.87. The zero-order valence-corrected chi connectivity index (χ0v) is 6.40. The van der Waals surface area contributed by atoms with Crippen molar-refractivity contribution < 1.29 is 8.42 Å². The zero-order valence-electron chi connectivity index (χ0n) is 5.59. The van der Waals surface area contributed by atoms with Gasteiger partial charge < -0.3 is 0 Å². The maximum atomic E-state index is 10.7. The molecule has 0 heterocycles. The smallest absolute Gasteiger partial charge is 0.214 e. The molecule has 1 N–H and O–H groups in total. The van der Waals surface area contributed by atoms with Crippen LogP contribution in [0.2, 0.25) is 0 Å². The highest BCUT2D eigenvalue weighted by Crippen LogP contribution is 1.90. The summed E-state index contributed by atoms with van der Waals surface area (Å²) in [7, 11) is -0.176. The molecule has 0 saturated carbocycles. The SMILES string of the molecule is CN(C)S(=O)(=O)CC[NH]. The Morgan fingerprint density at radius 2 is 1.89 bits per heavy atom. The normalized spacial score (nSPS) is 12.4. The summed E-state index contributed by atoms with van der Waals surface area (Å²) in [5, 5.41) is 0. The Labute approximate surface area is 55.7 Å². The van der Waals surface area contributed by atoms with E-state index < -0.39 is 10.0 Å². The molecule has 9 heavy (non-hydrogen) atoms. The molecule has 0 unspecified atom stereocenters. The summed E-state index contributed by atoms with van der Waals surface area (Å²) in [5.74, 6) is -0.0833. The lowest BCUT2D eigenvalue weighted by Gasteiger charge is -2.08. The van der Waals surface area contributed by atoms with Gasteiger partial charge in [-0.25, -0.2) is 12.7 Å². The van der Waals surface area contributed by atoms with Crippen molar-refractivity contribution in [1.82, 2.24) is 10.0 Å². The minimum Gasteiger partial charge on any atom is -0.257 e. The van der Waals surface area contributed by atoms with Crippen LogP contribution in [0.5, 0.6) is 0 Å². The number of hydrogen-bond acceptors (Lipinski definition) is 2. The van der Waals surface area contributed by atoms with Crippen LogP contribution in [-0.2, 0) is 10.0 Å². The number of rotatable bonds is 3. The minimum atomic E-state index is -3.10. The van der Waals surface area contributed by atoms with Gasteiger partial charge in [0.15, 0.2) is 0 Å². The fourth-order valence-corrected chi connectivity index (χ4v) is 0.935. The molecule has 0 aliphatic rings. The monoisotopic (exact) mass is 151 g/mol. The first-order valence-corrected chi connectivity index (χ1v) is 4.16. The van der Waals surface area contributed by atoms with Crippen LogP contribution in [-0.4, -0.2) is 39.1 Å². The van der Waals surface area contributed by atoms with E-state index in [2.05, 4.69) is 0 Å². The Hall–Kier alpha value is -0.130. The maximum absolute atomic E-state index is 10.7. The molecular formula is C4H11N2O2S. The third kappa shape index (κ3) is 2.78. The Bertz CT molecular complexity index is 161. The quantitative estimate of drug-likeness (QED) is 0.528. The summed E-state index contributed by atoms with van der Waals surface area (Å²) in [6.07, 6.45) is 0. The third-order valence-corrected chi connectivity index (χ3v) is 2.75. The fraction of sp³-hybridized carbons (Fsp3) is 1.00. The molecule has 1 radical (unpaired) electrons. The van der Waals surface area contributed by atoms with Crippen LogP contribution in [0.15, 0.2) is 0 Å². The van der Waals surface area contributed by atoms with Crippen molar-refractivity contribution >= 4 is 10.0 Å². The van der Waals surface area contributed by atoms with Gasteiger partial charge in [0.2, 0.25) is 10.0 Å². The van der Waals surface area contributed by atoms with Gasteiger partial charge in [-0.15, -0.1) is 0 Å². The van der Waals surface area contributed by atoms with Crippen LogP contribution < -0.4 is 5.73 Å². The molecule has 0 aromatic heterocycles. The molecule has 55 valence electrons. The van der Waals surface area contributed by atoms with Crippen molar-refractivity contribution in [1.29, 1.82) is 0 Å². The van der Waals surface area contributed by atoms with Crippen LogP contribution in [0.3, 0.4) is 0 Å². The lowest BCUT2D eigenvalue weighted by molar-refractivity contribution is 0.520. The second kappa shape index (κ2) is 3.14. The van der Waals surface area contributed by atoms with Gasteiger partial charge in [-0.3, -0.25) is 5.73 Å². The van der Waals surface area contributed by atoms with E-state index in [9.17, 15) is 8.42 Å². The van der Waals surface area contributed by atoms with Gasteiger partial charge in [0.1, 0.15) is 0 Å². The summed E-state index contributed by atoms with van der Waals surface area (Å²) >= 11 is 0. The van der Waals surface area contributed by atoms with Crippen LogP contribution in [0.4, 0.5) is 0 Å². The molecule has 0 saturated heterocycles. The van der Waals surface area contributed by atoms with Crippen LogP contribution >= 0.6 is 0 Å². The lowest BCUT2D eigenvalue weighted by Crippen LogP contribution is -2.26. The van der Waals surface area contributed by atoms with Crippen LogP contribution in [0.1, 0.15) is 0 Å². The van der Waals surface area contributed by atoms with Gasteiger partial charge in [0.05, 0.1) is 5.75 Å². The predicted molar refractivity (Wildman–Crippen MR) is 35.4 cm³/mol. The van der Waals surface area contributed by atoms with Gasteiger partial charge in [0.25, 0.3) is 0 Å². The van der Waals surface area contributed by atoms with Crippen molar-refractivity contribution in [3.05, 3.63) is 0 Å². The first-order chi connectivity index (χ1) is 4.00. The van der Waals surface area contributed by atoms with Gasteiger partial charge >= 0.3 is 0 Å². The average molecular weight is 151 g/mol. The van der Waals surface area contributed by atoms with Gasteiger partial charge in [0, 0.05) is 20.6 Å². The van der Waals surface area contributed by atoms with Crippen molar-refractivity contribution in [2.24, 2.45) is 0 Å². The average Bonchev–Trinajstić information content (AvgIpc) is 1.65. The van der Waals surface area contributed by atoms with E-state index in [1.807, 2.05) is 0 Å². The number of nitrogens with one attached hydrogen (secondary N) is 1. The van der Waals surface area contributed by atoms with Crippen molar-refractivity contribution in [2.45, 2.75) is 0 Å². The molecule has 5 heteroatoms. The van der Waals surface area contributed by atoms with Crippen molar-refractivity contribution in [3.63, 3.8) is 0 Å². The van der Waals surface area contributed by atoms with Crippen LogP contribution in [0, 0.1) is 0 Å². The number of sulfonamides is 1. The Morgan fingerprint density at radius 1 is 1.44 bits per heavy atom. The number of nitrogens with zero attached hydrogens (tertiary/aromatic N) is 1. The molecule has 0 atom stereocenters. The summed E-state index contributed by atoms with van der Waals surface area (Å²) in [6, 6.07) is 0. The van der Waals surface area contributed by atoms with E-state index in [0.717, 1.165) is 4.31 Å². The van der Waals surface area contributed by atoms with Gasteiger partial charge in [-0.2, -0.15) is 0 Å². The lowest BCUT2D eigenvalue weighted by atomic mass is 10.8. The summed E-state index contributed by atoms with van der Waals surface area (Å²) in [4.78, 5) is 0. The van der Waals surface area contributed by atoms with Crippen LogP contribution in [0.25, 0.3) is 0 Å². The zero-order chi connectivity index (χ0) is 7.49. The second-order valence-electron chi connectivity index (χ2n) is 1.85. The van der Waals surface area contributed by atoms with Gasteiger partial charge in [-0.05, 0) is 0 Å². The topological polar surface area (TPSA) is 61.2 Å². The molecule has 0 aromatic carbocycles. The highest BCUT2D eigenvalue weighted by Gasteiger charge is 2.10. The van der Waals surface area contributed by atoms with E-state index in [1.165, 1.54) is 14.1 Å². The molecule has 0 fully saturated rings. The molecule has 0 aromatic rings. The second-order valence-corrected chi connectivity index (χ2v) is 4.15. The van der Waals surface area contributed by atoms with E-state index in [0.29, 0.717) is 0 Å². The largest absolute Gasteiger partial charge is 0.257 e.